The first-order valence-electron chi connectivity index (χ1n) is 15.0. The zero-order chi connectivity index (χ0) is 35.4. The molecule has 2 unspecified atom stereocenters. The zero-order valence-corrected chi connectivity index (χ0v) is 27.5. The summed E-state index contributed by atoms with van der Waals surface area (Å²) in [5.41, 5.74) is 2.80. The van der Waals surface area contributed by atoms with Crippen LogP contribution in [0.5, 0.6) is 0 Å². The summed E-state index contributed by atoms with van der Waals surface area (Å²) in [7, 11) is 0. The van der Waals surface area contributed by atoms with Crippen LogP contribution >= 0.6 is 11.5 Å². The third kappa shape index (κ3) is 5.68. The highest BCUT2D eigenvalue weighted by molar-refractivity contribution is 7.14. The molecule has 4 N–H and O–H groups in total. The minimum absolute atomic E-state index is 0.0135. The fraction of sp³-hybridized carbons (Fsp3) is 0.273. The normalized spacial score (nSPS) is 18.4. The number of nitrogens with one attached hydrogen (secondary N) is 1. The van der Waals surface area contributed by atoms with Crippen molar-refractivity contribution in [1.82, 2.24) is 9.36 Å². The topological polar surface area (TPSA) is 211 Å². The fourth-order valence-electron chi connectivity index (χ4n) is 5.76. The van der Waals surface area contributed by atoms with E-state index in [1.807, 2.05) is 0 Å². The number of fused-ring (bicyclic) bond motifs is 2. The Labute approximate surface area is 282 Å². The number of pyridine rings is 1. The maximum absolute atomic E-state index is 14.0. The van der Waals surface area contributed by atoms with Gasteiger partial charge >= 0.3 is 5.97 Å². The number of hydrogen-bond acceptors (Lipinski definition) is 12. The summed E-state index contributed by atoms with van der Waals surface area (Å²) in [4.78, 5) is 85.9. The van der Waals surface area contributed by atoms with Gasteiger partial charge in [0.15, 0.2) is 11.4 Å². The summed E-state index contributed by atoms with van der Waals surface area (Å²) in [5.74, 6) is -4.63. The van der Waals surface area contributed by atoms with Crippen LogP contribution in [0.3, 0.4) is 0 Å². The summed E-state index contributed by atoms with van der Waals surface area (Å²) in [6.07, 6.45) is -1.86. The van der Waals surface area contributed by atoms with Gasteiger partial charge in [0.2, 0.25) is 6.10 Å². The van der Waals surface area contributed by atoms with E-state index in [2.05, 4.69) is 14.7 Å². The second-order valence-electron chi connectivity index (χ2n) is 12.1. The van der Waals surface area contributed by atoms with Gasteiger partial charge in [-0.05, 0) is 68.7 Å². The van der Waals surface area contributed by atoms with E-state index in [9.17, 15) is 33.9 Å². The van der Waals surface area contributed by atoms with Gasteiger partial charge in [0, 0.05) is 12.3 Å². The predicted octanol–water partition coefficient (Wildman–Crippen LogP) is 2.51. The maximum Gasteiger partial charge on any atom is 0.303 e. The Morgan fingerprint density at radius 3 is 2.35 bits per heavy atom. The number of anilines is 3. The Bertz CT molecular complexity index is 2060. The number of aromatic nitrogens is 2. The molecule has 0 radical (unpaired) electrons. The van der Waals surface area contributed by atoms with Crippen LogP contribution in [0.1, 0.15) is 64.5 Å². The molecule has 2 aliphatic rings. The highest BCUT2D eigenvalue weighted by Gasteiger charge is 2.54. The van der Waals surface area contributed by atoms with Gasteiger partial charge in [0.1, 0.15) is 11.4 Å². The molecule has 16 heteroatoms. The molecule has 0 spiro atoms. The lowest BCUT2D eigenvalue weighted by molar-refractivity contribution is -0.183. The number of aliphatic hydroxyl groups is 1. The number of amides is 5. The summed E-state index contributed by atoms with van der Waals surface area (Å²) in [6, 6.07) is 13.9. The highest BCUT2D eigenvalue weighted by atomic mass is 32.1. The number of primary amides is 1. The molecule has 2 aromatic heterocycles. The number of rotatable bonds is 8. The molecule has 1 fully saturated rings. The Morgan fingerprint density at radius 1 is 1.06 bits per heavy atom. The third-order valence-corrected chi connectivity index (χ3v) is 9.05. The lowest BCUT2D eigenvalue weighted by Gasteiger charge is -2.42. The summed E-state index contributed by atoms with van der Waals surface area (Å²) in [5, 5.41) is 13.2. The average molecular weight is 687 g/mol. The Hall–Kier alpha value is -5.58. The molecule has 4 heterocycles. The lowest BCUT2D eigenvalue weighted by atomic mass is 9.93. The van der Waals surface area contributed by atoms with E-state index in [1.54, 1.807) is 44.2 Å². The van der Waals surface area contributed by atoms with Crippen LogP contribution in [0.25, 0.3) is 10.1 Å². The van der Waals surface area contributed by atoms with Gasteiger partial charge in [-0.25, -0.2) is 9.88 Å². The number of nitrogens with zero attached hydrogens (tertiary/aromatic N) is 4. The Kier molecular flexibility index (Phi) is 8.26. The van der Waals surface area contributed by atoms with E-state index in [0.717, 1.165) is 23.4 Å². The predicted molar refractivity (Wildman–Crippen MR) is 176 cm³/mol. The number of benzene rings is 2. The quantitative estimate of drug-likeness (QED) is 0.181. The second-order valence-corrected chi connectivity index (χ2v) is 12.8. The average Bonchev–Trinajstić information content (AvgIpc) is 3.57. The number of hydrogen-bond donors (Lipinski definition) is 3. The van der Waals surface area contributed by atoms with Gasteiger partial charge in [-0.3, -0.25) is 33.7 Å². The minimum atomic E-state index is -2.06. The molecule has 49 heavy (non-hydrogen) atoms. The van der Waals surface area contributed by atoms with Crippen LogP contribution in [-0.4, -0.2) is 74.8 Å². The van der Waals surface area contributed by atoms with Crippen molar-refractivity contribution >= 4 is 74.4 Å². The molecule has 5 amide bonds. The third-order valence-electron chi connectivity index (χ3n) is 8.18. The first-order valence-corrected chi connectivity index (χ1v) is 15.7. The molecular weight excluding hydrogens is 656 g/mol. The largest absolute Gasteiger partial charge is 0.449 e. The van der Waals surface area contributed by atoms with Gasteiger partial charge in [-0.1, -0.05) is 18.2 Å². The van der Waals surface area contributed by atoms with Gasteiger partial charge in [0.25, 0.3) is 29.5 Å². The molecule has 2 atom stereocenters. The molecular formula is C33H30N6O9S. The van der Waals surface area contributed by atoms with Crippen molar-refractivity contribution in [2.24, 2.45) is 5.73 Å². The molecule has 4 aromatic rings. The maximum atomic E-state index is 14.0. The Balaban J connectivity index is 1.34. The van der Waals surface area contributed by atoms with Crippen LogP contribution in [-0.2, 0) is 29.5 Å². The number of nitrogens with two attached hydrogens (primary N) is 1. The smallest absolute Gasteiger partial charge is 0.303 e. The van der Waals surface area contributed by atoms with E-state index in [1.165, 1.54) is 36.1 Å². The number of morpholine rings is 1. The summed E-state index contributed by atoms with van der Waals surface area (Å²) >= 11 is 0.783. The molecule has 15 nitrogen and oxygen atoms in total. The van der Waals surface area contributed by atoms with Gasteiger partial charge in [-0.15, -0.1) is 0 Å². The fourth-order valence-corrected chi connectivity index (χ4v) is 6.68. The van der Waals surface area contributed by atoms with Crippen molar-refractivity contribution < 1.29 is 43.3 Å². The van der Waals surface area contributed by atoms with E-state index >= 15 is 0 Å². The van der Waals surface area contributed by atoms with E-state index < -0.39 is 52.8 Å². The molecule has 0 bridgehead atoms. The summed E-state index contributed by atoms with van der Waals surface area (Å²) in [6.45, 7) is 5.42. The number of esters is 1. The van der Waals surface area contributed by atoms with Gasteiger partial charge in [-0.2, -0.15) is 4.37 Å². The SMILES string of the molecule is CC(=O)OC(C(=O)Nc1ccc2c(N3C(=O)c4ccccc4C3=O)nsc2c1C(N)=O)C1(C)OCCN(c2cccc(C(C)(C)O)n2)C1=O. The van der Waals surface area contributed by atoms with Crippen molar-refractivity contribution in [3.63, 3.8) is 0 Å². The molecule has 0 saturated carbocycles. The standard InChI is InChI=1S/C33H30N6O9S/c1-16(40)48-25(33(4)31(45)38(14-15-47-33)22-11-7-10-21(36-22)32(2,3)46)28(42)35-20-13-12-19-24(23(20)26(34)41)49-37-27(19)39-29(43)17-8-5-6-9-18(17)30(39)44/h5-13,25,46H,14-15H2,1-4H3,(H2,34,41)(H,35,42). The van der Waals surface area contributed by atoms with Crippen LogP contribution in [0, 0.1) is 0 Å². The molecule has 252 valence electrons. The van der Waals surface area contributed by atoms with Crippen LogP contribution < -0.4 is 20.9 Å². The molecule has 2 aliphatic heterocycles. The first kappa shape index (κ1) is 33.3. The van der Waals surface area contributed by atoms with Gasteiger partial charge < -0.3 is 25.6 Å². The van der Waals surface area contributed by atoms with Crippen LogP contribution in [0.15, 0.2) is 54.6 Å². The van der Waals surface area contributed by atoms with Crippen molar-refractivity contribution in [3.8, 4) is 0 Å². The number of carbonyl (C=O) groups excluding carboxylic acids is 6. The Morgan fingerprint density at radius 2 is 1.73 bits per heavy atom. The molecule has 1 saturated heterocycles. The van der Waals surface area contributed by atoms with E-state index in [4.69, 9.17) is 15.2 Å². The monoisotopic (exact) mass is 686 g/mol. The lowest BCUT2D eigenvalue weighted by Crippen LogP contribution is -2.64. The number of imide groups is 1. The van der Waals surface area contributed by atoms with Crippen molar-refractivity contribution in [2.45, 2.75) is 45.0 Å². The highest BCUT2D eigenvalue weighted by Crippen LogP contribution is 2.39. The van der Waals surface area contributed by atoms with Crippen LogP contribution in [0.2, 0.25) is 0 Å². The molecule has 6 rings (SSSR count). The minimum Gasteiger partial charge on any atom is -0.449 e. The second kappa shape index (κ2) is 12.1. The van der Waals surface area contributed by atoms with E-state index in [-0.39, 0.29) is 57.3 Å². The number of ether oxygens (including phenoxy) is 2. The zero-order valence-electron chi connectivity index (χ0n) is 26.7. The van der Waals surface area contributed by atoms with Crippen molar-refractivity contribution in [2.75, 3.05) is 28.3 Å². The first-order chi connectivity index (χ1) is 23.1. The van der Waals surface area contributed by atoms with Crippen molar-refractivity contribution in [3.05, 3.63) is 77.0 Å². The molecule has 0 aliphatic carbocycles. The van der Waals surface area contributed by atoms with E-state index in [0.29, 0.717) is 5.69 Å². The molecule has 2 aromatic carbocycles. The van der Waals surface area contributed by atoms with Crippen LogP contribution in [0.4, 0.5) is 17.3 Å². The summed E-state index contributed by atoms with van der Waals surface area (Å²) < 4.78 is 15.7. The van der Waals surface area contributed by atoms with Gasteiger partial charge in [0.05, 0.1) is 45.9 Å². The number of carbonyl (C=O) groups is 6. The van der Waals surface area contributed by atoms with Crippen molar-refractivity contribution in [1.29, 1.82) is 0 Å².